The second-order valence-corrected chi connectivity index (χ2v) is 9.51. The van der Waals surface area contributed by atoms with E-state index in [4.69, 9.17) is 16.6 Å². The Kier molecular flexibility index (Phi) is 6.42. The number of nitrogens with zero attached hydrogens (tertiary/aromatic N) is 5. The standard InChI is InChI=1S/C24H29ClFN7O/c1-14-12-27-8-10-33(14)23-16-11-17(25)21(20-18(26)6-3-7-19(20)34)29-22(16)30-24(31-23)28-13-15-5-4-9-32(15)2/h3,6-7,11,14-15,27,34H,4-5,8-10,12-13H2,1-2H3,(H,28,29,30,31)/t14-,15-/m0/s1. The summed E-state index contributed by atoms with van der Waals surface area (Å²) in [5.74, 6) is 0.412. The number of hydrogen-bond acceptors (Lipinski definition) is 8. The van der Waals surface area contributed by atoms with Crippen molar-refractivity contribution in [1.82, 2.24) is 25.2 Å². The van der Waals surface area contributed by atoms with Crippen molar-refractivity contribution in [2.45, 2.75) is 31.8 Å². The van der Waals surface area contributed by atoms with Crippen LogP contribution in [0.15, 0.2) is 24.3 Å². The number of hydrogen-bond donors (Lipinski definition) is 3. The van der Waals surface area contributed by atoms with Crippen molar-refractivity contribution in [1.29, 1.82) is 0 Å². The van der Waals surface area contributed by atoms with Crippen molar-refractivity contribution in [2.75, 3.05) is 50.0 Å². The van der Waals surface area contributed by atoms with E-state index < -0.39 is 5.82 Å². The fourth-order valence-corrected chi connectivity index (χ4v) is 5.08. The number of fused-ring (bicyclic) bond motifs is 1. The number of pyridine rings is 1. The molecular formula is C24H29ClFN7O. The van der Waals surface area contributed by atoms with Crippen molar-refractivity contribution < 1.29 is 9.50 Å². The van der Waals surface area contributed by atoms with Crippen LogP contribution in [0, 0.1) is 5.82 Å². The second kappa shape index (κ2) is 9.48. The molecule has 2 fully saturated rings. The highest BCUT2D eigenvalue weighted by molar-refractivity contribution is 6.34. The number of likely N-dealkylation sites (tertiary alicyclic amines) is 1. The van der Waals surface area contributed by atoms with Crippen LogP contribution in [0.4, 0.5) is 16.2 Å². The van der Waals surface area contributed by atoms with E-state index in [1.807, 2.05) is 0 Å². The Morgan fingerprint density at radius 3 is 2.85 bits per heavy atom. The predicted molar refractivity (Wildman–Crippen MR) is 133 cm³/mol. The summed E-state index contributed by atoms with van der Waals surface area (Å²) in [7, 11) is 2.13. The second-order valence-electron chi connectivity index (χ2n) is 9.10. The normalized spacial score (nSPS) is 21.4. The first kappa shape index (κ1) is 23.0. The summed E-state index contributed by atoms with van der Waals surface area (Å²) in [4.78, 5) is 18.7. The number of rotatable bonds is 5. The zero-order valence-electron chi connectivity index (χ0n) is 19.4. The van der Waals surface area contributed by atoms with E-state index >= 15 is 0 Å². The summed E-state index contributed by atoms with van der Waals surface area (Å²) >= 11 is 6.58. The predicted octanol–water partition coefficient (Wildman–Crippen LogP) is 3.49. The molecule has 2 saturated heterocycles. The van der Waals surface area contributed by atoms with Gasteiger partial charge in [0.05, 0.1) is 21.7 Å². The number of piperazine rings is 1. The average Bonchev–Trinajstić information content (AvgIpc) is 3.22. The first-order valence-electron chi connectivity index (χ1n) is 11.7. The Hall–Kier alpha value is -2.75. The highest BCUT2D eigenvalue weighted by Gasteiger charge is 2.26. The minimum absolute atomic E-state index is 0.0350. The zero-order chi connectivity index (χ0) is 23.8. The van der Waals surface area contributed by atoms with Gasteiger partial charge in [0.1, 0.15) is 17.4 Å². The Morgan fingerprint density at radius 2 is 2.12 bits per heavy atom. The van der Waals surface area contributed by atoms with E-state index in [0.29, 0.717) is 23.0 Å². The van der Waals surface area contributed by atoms with Gasteiger partial charge < -0.3 is 25.5 Å². The molecule has 2 aliphatic heterocycles. The quantitative estimate of drug-likeness (QED) is 0.506. The van der Waals surface area contributed by atoms with Crippen LogP contribution >= 0.6 is 11.6 Å². The van der Waals surface area contributed by atoms with Crippen LogP contribution in [0.25, 0.3) is 22.3 Å². The van der Waals surface area contributed by atoms with Crippen LogP contribution < -0.4 is 15.5 Å². The van der Waals surface area contributed by atoms with Gasteiger partial charge in [-0.3, -0.25) is 0 Å². The van der Waals surface area contributed by atoms with Crippen molar-refractivity contribution in [2.24, 2.45) is 0 Å². The number of likely N-dealkylation sites (N-methyl/N-ethyl adjacent to an activating group) is 1. The largest absolute Gasteiger partial charge is 0.507 e. The Morgan fingerprint density at radius 1 is 1.26 bits per heavy atom. The molecule has 2 atom stereocenters. The molecule has 0 aliphatic carbocycles. The van der Waals surface area contributed by atoms with E-state index in [1.54, 1.807) is 6.07 Å². The molecule has 8 nitrogen and oxygen atoms in total. The lowest BCUT2D eigenvalue weighted by Gasteiger charge is -2.35. The number of phenolic OH excluding ortho intramolecular Hbond substituents is 1. The average molecular weight is 486 g/mol. The third kappa shape index (κ3) is 4.35. The van der Waals surface area contributed by atoms with E-state index in [9.17, 15) is 9.50 Å². The number of benzene rings is 1. The van der Waals surface area contributed by atoms with E-state index in [1.165, 1.54) is 24.6 Å². The first-order valence-corrected chi connectivity index (χ1v) is 12.1. The SMILES string of the molecule is C[C@H]1CNCCN1c1nc(NC[C@@H]2CCCN2C)nc2nc(-c3c(O)cccc3F)c(Cl)cc12. The number of nitrogens with one attached hydrogen (secondary N) is 2. The molecule has 2 aromatic heterocycles. The Balaban J connectivity index is 1.61. The molecule has 2 aliphatic rings. The van der Waals surface area contributed by atoms with Gasteiger partial charge in [-0.25, -0.2) is 9.37 Å². The molecule has 3 aromatic rings. The minimum Gasteiger partial charge on any atom is -0.507 e. The van der Waals surface area contributed by atoms with Crippen LogP contribution in [0.5, 0.6) is 5.75 Å². The molecule has 0 unspecified atom stereocenters. The summed E-state index contributed by atoms with van der Waals surface area (Å²) in [6.45, 7) is 6.42. The third-order valence-electron chi connectivity index (χ3n) is 6.79. The molecule has 0 spiro atoms. The number of aromatic hydroxyl groups is 1. The molecule has 5 rings (SSSR count). The van der Waals surface area contributed by atoms with Crippen molar-refractivity contribution in [3.63, 3.8) is 0 Å². The molecule has 34 heavy (non-hydrogen) atoms. The van der Waals surface area contributed by atoms with Gasteiger partial charge in [0.25, 0.3) is 0 Å². The summed E-state index contributed by atoms with van der Waals surface area (Å²) in [5.41, 5.74) is 0.525. The molecule has 180 valence electrons. The van der Waals surface area contributed by atoms with E-state index in [2.05, 4.69) is 44.4 Å². The summed E-state index contributed by atoms with van der Waals surface area (Å²) in [5, 5.41) is 18.0. The van der Waals surface area contributed by atoms with Crippen molar-refractivity contribution in [3.8, 4) is 17.0 Å². The van der Waals surface area contributed by atoms with Crippen LogP contribution in [0.1, 0.15) is 19.8 Å². The van der Waals surface area contributed by atoms with Crippen LogP contribution in [0.2, 0.25) is 5.02 Å². The van der Waals surface area contributed by atoms with E-state index in [0.717, 1.165) is 45.0 Å². The Labute approximate surface area is 203 Å². The molecule has 0 saturated carbocycles. The Bertz CT molecular complexity index is 1190. The summed E-state index contributed by atoms with van der Waals surface area (Å²) in [6, 6.07) is 6.50. The molecule has 0 bridgehead atoms. The smallest absolute Gasteiger partial charge is 0.226 e. The lowest BCUT2D eigenvalue weighted by Crippen LogP contribution is -2.50. The van der Waals surface area contributed by atoms with Gasteiger partial charge >= 0.3 is 0 Å². The maximum Gasteiger partial charge on any atom is 0.226 e. The van der Waals surface area contributed by atoms with Crippen molar-refractivity contribution >= 4 is 34.4 Å². The van der Waals surface area contributed by atoms with Crippen LogP contribution in [0.3, 0.4) is 0 Å². The topological polar surface area (TPSA) is 89.4 Å². The lowest BCUT2D eigenvalue weighted by molar-refractivity contribution is 0.322. The summed E-state index contributed by atoms with van der Waals surface area (Å²) < 4.78 is 14.6. The molecule has 1 aromatic carbocycles. The molecule has 0 radical (unpaired) electrons. The van der Waals surface area contributed by atoms with Gasteiger partial charge in [-0.15, -0.1) is 0 Å². The number of anilines is 2. The minimum atomic E-state index is -0.596. The molecular weight excluding hydrogens is 457 g/mol. The number of halogens is 2. The molecule has 4 heterocycles. The highest BCUT2D eigenvalue weighted by Crippen LogP contribution is 2.38. The fraction of sp³-hybridized carbons (Fsp3) is 0.458. The molecule has 0 amide bonds. The van der Waals surface area contributed by atoms with Gasteiger partial charge in [0, 0.05) is 38.3 Å². The monoisotopic (exact) mass is 485 g/mol. The number of phenols is 1. The maximum atomic E-state index is 14.6. The van der Waals surface area contributed by atoms with Gasteiger partial charge in [0.15, 0.2) is 5.65 Å². The molecule has 3 N–H and O–H groups in total. The lowest BCUT2D eigenvalue weighted by atomic mass is 10.1. The number of aromatic nitrogens is 3. The van der Waals surface area contributed by atoms with Crippen LogP contribution in [-0.2, 0) is 0 Å². The zero-order valence-corrected chi connectivity index (χ0v) is 20.1. The van der Waals surface area contributed by atoms with Gasteiger partial charge in [0.2, 0.25) is 5.95 Å². The first-order chi connectivity index (χ1) is 16.4. The van der Waals surface area contributed by atoms with E-state index in [-0.39, 0.29) is 28.1 Å². The van der Waals surface area contributed by atoms with Crippen LogP contribution in [-0.4, -0.2) is 76.8 Å². The van der Waals surface area contributed by atoms with Crippen molar-refractivity contribution in [3.05, 3.63) is 35.1 Å². The fourth-order valence-electron chi connectivity index (χ4n) is 4.84. The maximum absolute atomic E-state index is 14.6. The highest BCUT2D eigenvalue weighted by atomic mass is 35.5. The van der Waals surface area contributed by atoms with Gasteiger partial charge in [-0.2, -0.15) is 9.97 Å². The molecule has 10 heteroatoms. The third-order valence-corrected chi connectivity index (χ3v) is 7.08. The van der Waals surface area contributed by atoms with Gasteiger partial charge in [-0.1, -0.05) is 17.7 Å². The van der Waals surface area contributed by atoms with Gasteiger partial charge in [-0.05, 0) is 51.6 Å². The summed E-state index contributed by atoms with van der Waals surface area (Å²) in [6.07, 6.45) is 2.31.